The number of thiol groups is 1. The van der Waals surface area contributed by atoms with E-state index in [-0.39, 0.29) is 19.1 Å². The fraction of sp³-hybridized carbons (Fsp3) is 0.417. The van der Waals surface area contributed by atoms with Crippen LogP contribution in [0.15, 0.2) is 27.6 Å². The quantitative estimate of drug-likeness (QED) is 0.781. The first-order chi connectivity index (χ1) is 8.60. The zero-order valence-electron chi connectivity index (χ0n) is 10.1. The molecule has 0 bridgehead atoms. The highest BCUT2D eigenvalue weighted by Crippen LogP contribution is 2.21. The number of aliphatic hydroxyl groups is 1. The highest BCUT2D eigenvalue weighted by Gasteiger charge is 2.17. The standard InChI is InChI=1S/C12H16BrNO3S/c1-17-7-5-14(4-6-15)12(16)10-3-2-9(13)8-11(10)18/h2-3,8,15,18H,4-7H2,1H3. The number of halogens is 1. The molecule has 1 amide bonds. The van der Waals surface area contributed by atoms with Gasteiger partial charge in [0.15, 0.2) is 0 Å². The molecule has 0 heterocycles. The molecular weight excluding hydrogens is 318 g/mol. The topological polar surface area (TPSA) is 49.8 Å². The van der Waals surface area contributed by atoms with Gasteiger partial charge in [-0.15, -0.1) is 12.6 Å². The van der Waals surface area contributed by atoms with Crippen LogP contribution in [0.1, 0.15) is 10.4 Å². The first-order valence-electron chi connectivity index (χ1n) is 5.47. The van der Waals surface area contributed by atoms with Crippen molar-refractivity contribution in [2.45, 2.75) is 4.90 Å². The molecule has 0 saturated carbocycles. The van der Waals surface area contributed by atoms with Gasteiger partial charge in [-0.1, -0.05) is 15.9 Å². The van der Waals surface area contributed by atoms with Crippen molar-refractivity contribution >= 4 is 34.5 Å². The molecule has 0 fully saturated rings. The zero-order chi connectivity index (χ0) is 13.5. The molecule has 1 aromatic rings. The van der Waals surface area contributed by atoms with Crippen molar-refractivity contribution in [3.05, 3.63) is 28.2 Å². The van der Waals surface area contributed by atoms with Gasteiger partial charge < -0.3 is 14.7 Å². The fourth-order valence-corrected chi connectivity index (χ4v) is 2.34. The van der Waals surface area contributed by atoms with E-state index < -0.39 is 0 Å². The van der Waals surface area contributed by atoms with E-state index in [1.165, 1.54) is 0 Å². The van der Waals surface area contributed by atoms with Crippen molar-refractivity contribution in [1.82, 2.24) is 4.90 Å². The molecule has 0 atom stereocenters. The van der Waals surface area contributed by atoms with Crippen LogP contribution in [-0.4, -0.2) is 49.3 Å². The molecule has 0 radical (unpaired) electrons. The van der Waals surface area contributed by atoms with Gasteiger partial charge >= 0.3 is 0 Å². The van der Waals surface area contributed by atoms with E-state index in [0.717, 1.165) is 4.47 Å². The molecule has 6 heteroatoms. The number of rotatable bonds is 6. The SMILES string of the molecule is COCCN(CCO)C(=O)c1ccc(Br)cc1S. The average molecular weight is 334 g/mol. The Morgan fingerprint density at radius 2 is 2.22 bits per heavy atom. The third kappa shape index (κ3) is 4.28. The Morgan fingerprint density at radius 3 is 2.78 bits per heavy atom. The average Bonchev–Trinajstić information content (AvgIpc) is 2.33. The minimum Gasteiger partial charge on any atom is -0.395 e. The van der Waals surface area contributed by atoms with Crippen LogP contribution >= 0.6 is 28.6 Å². The van der Waals surface area contributed by atoms with Crippen molar-refractivity contribution in [2.24, 2.45) is 0 Å². The Morgan fingerprint density at radius 1 is 1.50 bits per heavy atom. The number of amides is 1. The molecule has 0 aliphatic rings. The Labute approximate surface area is 120 Å². The molecule has 1 N–H and O–H groups in total. The molecule has 18 heavy (non-hydrogen) atoms. The second-order valence-electron chi connectivity index (χ2n) is 3.67. The summed E-state index contributed by atoms with van der Waals surface area (Å²) < 4.78 is 5.82. The lowest BCUT2D eigenvalue weighted by atomic mass is 10.2. The van der Waals surface area contributed by atoms with Crippen LogP contribution in [0.4, 0.5) is 0 Å². The van der Waals surface area contributed by atoms with Crippen molar-refractivity contribution in [3.63, 3.8) is 0 Å². The number of carbonyl (C=O) groups is 1. The molecule has 1 aromatic carbocycles. The Kier molecular flexibility index (Phi) is 6.70. The Balaban J connectivity index is 2.87. The lowest BCUT2D eigenvalue weighted by Crippen LogP contribution is -2.36. The number of aliphatic hydroxyl groups excluding tert-OH is 1. The number of ether oxygens (including phenoxy) is 1. The van der Waals surface area contributed by atoms with Crippen molar-refractivity contribution in [1.29, 1.82) is 0 Å². The van der Waals surface area contributed by atoms with E-state index in [9.17, 15) is 4.79 Å². The molecule has 1 rings (SSSR count). The number of benzene rings is 1. The minimum atomic E-state index is -0.154. The van der Waals surface area contributed by atoms with Gasteiger partial charge in [0.05, 0.1) is 18.8 Å². The summed E-state index contributed by atoms with van der Waals surface area (Å²) in [7, 11) is 1.57. The second-order valence-corrected chi connectivity index (χ2v) is 5.07. The number of hydrogen-bond donors (Lipinski definition) is 2. The van der Waals surface area contributed by atoms with Crippen LogP contribution in [0.2, 0.25) is 0 Å². The van der Waals surface area contributed by atoms with Crippen molar-refractivity contribution < 1.29 is 14.6 Å². The predicted octanol–water partition coefficient (Wildman–Crippen LogP) is 1.82. The van der Waals surface area contributed by atoms with Gasteiger partial charge in [0.25, 0.3) is 5.91 Å². The maximum absolute atomic E-state index is 12.3. The maximum Gasteiger partial charge on any atom is 0.255 e. The minimum absolute atomic E-state index is 0.0755. The van der Waals surface area contributed by atoms with Crippen LogP contribution < -0.4 is 0 Å². The molecule has 100 valence electrons. The number of nitrogens with zero attached hydrogens (tertiary/aromatic N) is 1. The van der Waals surface area contributed by atoms with Gasteiger partial charge in [-0.05, 0) is 18.2 Å². The van der Waals surface area contributed by atoms with E-state index in [0.29, 0.717) is 23.6 Å². The van der Waals surface area contributed by atoms with E-state index >= 15 is 0 Å². The largest absolute Gasteiger partial charge is 0.395 e. The molecular formula is C12H16BrNO3S. The van der Waals surface area contributed by atoms with E-state index in [4.69, 9.17) is 9.84 Å². The van der Waals surface area contributed by atoms with Crippen LogP contribution in [0.5, 0.6) is 0 Å². The molecule has 4 nitrogen and oxygen atoms in total. The summed E-state index contributed by atoms with van der Waals surface area (Å²) in [6.45, 7) is 1.09. The lowest BCUT2D eigenvalue weighted by molar-refractivity contribution is 0.0653. The van der Waals surface area contributed by atoms with E-state index in [1.54, 1.807) is 30.2 Å². The van der Waals surface area contributed by atoms with Crippen molar-refractivity contribution in [3.8, 4) is 0 Å². The second kappa shape index (κ2) is 7.78. The highest BCUT2D eigenvalue weighted by molar-refractivity contribution is 9.10. The number of hydrogen-bond acceptors (Lipinski definition) is 4. The lowest BCUT2D eigenvalue weighted by Gasteiger charge is -2.22. The normalized spacial score (nSPS) is 10.4. The number of methoxy groups -OCH3 is 1. The fourth-order valence-electron chi connectivity index (χ4n) is 1.49. The van der Waals surface area contributed by atoms with Crippen molar-refractivity contribution in [2.75, 3.05) is 33.4 Å². The van der Waals surface area contributed by atoms with Gasteiger partial charge in [0.2, 0.25) is 0 Å². The van der Waals surface area contributed by atoms with Gasteiger partial charge in [-0.3, -0.25) is 4.79 Å². The molecule has 0 spiro atoms. The summed E-state index contributed by atoms with van der Waals surface area (Å²) in [6, 6.07) is 5.27. The summed E-state index contributed by atoms with van der Waals surface area (Å²) >= 11 is 7.61. The Bertz CT molecular complexity index is 414. The molecule has 0 saturated heterocycles. The third-order valence-corrected chi connectivity index (χ3v) is 3.28. The molecule has 0 aliphatic carbocycles. The maximum atomic E-state index is 12.3. The summed E-state index contributed by atoms with van der Waals surface area (Å²) in [5.74, 6) is -0.154. The highest BCUT2D eigenvalue weighted by atomic mass is 79.9. The zero-order valence-corrected chi connectivity index (χ0v) is 12.6. The summed E-state index contributed by atoms with van der Waals surface area (Å²) in [5.41, 5.74) is 0.520. The molecule has 0 aliphatic heterocycles. The van der Waals surface area contributed by atoms with Gasteiger partial charge in [0.1, 0.15) is 0 Å². The molecule has 0 unspecified atom stereocenters. The van der Waals surface area contributed by atoms with Gasteiger partial charge in [-0.25, -0.2) is 0 Å². The van der Waals surface area contributed by atoms with Crippen LogP contribution in [-0.2, 0) is 4.74 Å². The summed E-state index contributed by atoms with van der Waals surface area (Å²) in [4.78, 5) is 14.4. The van der Waals surface area contributed by atoms with Crippen LogP contribution in [0.3, 0.4) is 0 Å². The third-order valence-electron chi connectivity index (χ3n) is 2.41. The number of carbonyl (C=O) groups excluding carboxylic acids is 1. The van der Waals surface area contributed by atoms with Gasteiger partial charge in [-0.2, -0.15) is 0 Å². The Hall–Kier alpha value is -0.560. The monoisotopic (exact) mass is 333 g/mol. The first kappa shape index (κ1) is 15.5. The smallest absolute Gasteiger partial charge is 0.255 e. The first-order valence-corrected chi connectivity index (χ1v) is 6.71. The predicted molar refractivity (Wildman–Crippen MR) is 76.3 cm³/mol. The van der Waals surface area contributed by atoms with E-state index in [1.807, 2.05) is 0 Å². The summed E-state index contributed by atoms with van der Waals surface area (Å²) in [6.07, 6.45) is 0. The van der Waals surface area contributed by atoms with Gasteiger partial charge in [0, 0.05) is 29.6 Å². The summed E-state index contributed by atoms with van der Waals surface area (Å²) in [5, 5.41) is 8.98. The molecule has 0 aromatic heterocycles. The van der Waals surface area contributed by atoms with Crippen LogP contribution in [0, 0.1) is 0 Å². The van der Waals surface area contributed by atoms with E-state index in [2.05, 4.69) is 28.6 Å². The van der Waals surface area contributed by atoms with Crippen LogP contribution in [0.25, 0.3) is 0 Å².